The molecule has 0 saturated carbocycles. The molecule has 0 spiro atoms. The number of aromatic nitrogens is 3. The average molecular weight is 268 g/mol. The topological polar surface area (TPSA) is 43.1 Å². The SMILES string of the molecule is CC.CC.CC.CC.Cc1nc2n(n1)C=CCC=N2. The zero-order chi connectivity index (χ0) is 15.7. The Morgan fingerprint density at radius 2 is 1.47 bits per heavy atom. The molecule has 2 rings (SSSR count). The van der Waals surface area contributed by atoms with Crippen molar-refractivity contribution in [2.45, 2.75) is 68.7 Å². The second kappa shape index (κ2) is 18.9. The summed E-state index contributed by atoms with van der Waals surface area (Å²) < 4.78 is 1.68. The van der Waals surface area contributed by atoms with Crippen LogP contribution in [0.1, 0.15) is 67.6 Å². The number of hydrogen-bond acceptors (Lipinski definition) is 3. The molecule has 19 heavy (non-hydrogen) atoms. The van der Waals surface area contributed by atoms with Gasteiger partial charge in [0.2, 0.25) is 0 Å². The van der Waals surface area contributed by atoms with Gasteiger partial charge in [0.1, 0.15) is 5.82 Å². The Morgan fingerprint density at radius 1 is 0.947 bits per heavy atom. The largest absolute Gasteiger partial charge is 0.252 e. The molecule has 1 aliphatic rings. The van der Waals surface area contributed by atoms with Gasteiger partial charge in [-0.25, -0.2) is 9.67 Å². The van der Waals surface area contributed by atoms with Crippen molar-refractivity contribution in [3.8, 4) is 0 Å². The molecule has 0 aliphatic carbocycles. The Labute approximate surface area is 119 Å². The van der Waals surface area contributed by atoms with Crippen molar-refractivity contribution < 1.29 is 0 Å². The number of rotatable bonds is 0. The maximum absolute atomic E-state index is 4.12. The van der Waals surface area contributed by atoms with E-state index in [4.69, 9.17) is 0 Å². The minimum absolute atomic E-state index is 0.663. The normalized spacial score (nSPS) is 9.74. The maximum Gasteiger partial charge on any atom is 0.252 e. The molecule has 0 N–H and O–H groups in total. The molecule has 0 fully saturated rings. The minimum Gasteiger partial charge on any atom is -0.224 e. The van der Waals surface area contributed by atoms with Crippen LogP contribution in [0.4, 0.5) is 5.95 Å². The monoisotopic (exact) mass is 268 g/mol. The van der Waals surface area contributed by atoms with E-state index in [9.17, 15) is 0 Å². The Morgan fingerprint density at radius 3 is 2.00 bits per heavy atom. The molecule has 0 saturated heterocycles. The van der Waals surface area contributed by atoms with Crippen LogP contribution in [0.3, 0.4) is 0 Å². The fraction of sp³-hybridized carbons (Fsp3) is 0.667. The number of allylic oxidation sites excluding steroid dienone is 1. The zero-order valence-corrected chi connectivity index (χ0v) is 14.2. The molecule has 1 aromatic rings. The molecule has 4 nitrogen and oxygen atoms in total. The molecule has 0 radical (unpaired) electrons. The lowest BCUT2D eigenvalue weighted by Gasteiger charge is -1.87. The van der Waals surface area contributed by atoms with Gasteiger partial charge in [-0.1, -0.05) is 61.5 Å². The summed E-state index contributed by atoms with van der Waals surface area (Å²) in [5.74, 6) is 1.42. The first-order chi connectivity index (χ1) is 9.36. The van der Waals surface area contributed by atoms with E-state index < -0.39 is 0 Å². The summed E-state index contributed by atoms with van der Waals surface area (Å²) in [5.41, 5.74) is 0. The van der Waals surface area contributed by atoms with Crippen molar-refractivity contribution in [2.75, 3.05) is 0 Å². The third-order valence-electron chi connectivity index (χ3n) is 1.41. The van der Waals surface area contributed by atoms with Crippen molar-refractivity contribution >= 4 is 18.4 Å². The predicted molar refractivity (Wildman–Crippen MR) is 88.3 cm³/mol. The number of fused-ring (bicyclic) bond motifs is 1. The molecule has 1 aromatic heterocycles. The van der Waals surface area contributed by atoms with E-state index in [1.165, 1.54) is 0 Å². The van der Waals surface area contributed by atoms with Gasteiger partial charge in [0.05, 0.1) is 0 Å². The fourth-order valence-electron chi connectivity index (χ4n) is 0.963. The van der Waals surface area contributed by atoms with Crippen LogP contribution in [0.2, 0.25) is 0 Å². The van der Waals surface area contributed by atoms with Gasteiger partial charge in [0.15, 0.2) is 0 Å². The van der Waals surface area contributed by atoms with Crippen molar-refractivity contribution in [1.82, 2.24) is 14.8 Å². The molecule has 0 bridgehead atoms. The second-order valence-electron chi connectivity index (χ2n) is 2.34. The third-order valence-corrected chi connectivity index (χ3v) is 1.41. The summed E-state index contributed by atoms with van der Waals surface area (Å²) in [5, 5.41) is 4.12. The molecule has 0 atom stereocenters. The van der Waals surface area contributed by atoms with Gasteiger partial charge in [-0.05, 0) is 6.92 Å². The molecule has 0 amide bonds. The molecule has 0 aromatic carbocycles. The maximum atomic E-state index is 4.12. The Balaban J connectivity index is -0.000000278. The Hall–Kier alpha value is -1.45. The van der Waals surface area contributed by atoms with Crippen LogP contribution >= 0.6 is 0 Å². The Bertz CT molecular complexity index is 295. The van der Waals surface area contributed by atoms with Gasteiger partial charge in [-0.3, -0.25) is 0 Å². The number of aliphatic imine (C=N–C) groups is 1. The highest BCUT2D eigenvalue weighted by molar-refractivity contribution is 5.65. The van der Waals surface area contributed by atoms with Crippen LogP contribution in [0, 0.1) is 6.92 Å². The molecule has 112 valence electrons. The van der Waals surface area contributed by atoms with E-state index in [1.54, 1.807) is 4.68 Å². The van der Waals surface area contributed by atoms with Gasteiger partial charge in [0.25, 0.3) is 5.95 Å². The lowest BCUT2D eigenvalue weighted by atomic mass is 10.4. The van der Waals surface area contributed by atoms with Crippen LogP contribution in [0.25, 0.3) is 6.20 Å². The molecule has 0 unspecified atom stereocenters. The van der Waals surface area contributed by atoms with Crippen LogP contribution in [-0.2, 0) is 0 Å². The smallest absolute Gasteiger partial charge is 0.224 e. The first-order valence-corrected chi connectivity index (χ1v) is 7.48. The minimum atomic E-state index is 0.663. The van der Waals surface area contributed by atoms with Gasteiger partial charge >= 0.3 is 0 Å². The third kappa shape index (κ3) is 10.2. The van der Waals surface area contributed by atoms with Crippen LogP contribution in [0.15, 0.2) is 11.1 Å². The van der Waals surface area contributed by atoms with E-state index in [-0.39, 0.29) is 0 Å². The molecule has 2 heterocycles. The predicted octanol–water partition coefficient (Wildman–Crippen LogP) is 5.27. The molecule has 4 heteroatoms. The van der Waals surface area contributed by atoms with E-state index in [1.807, 2.05) is 80.8 Å². The van der Waals surface area contributed by atoms with Gasteiger partial charge < -0.3 is 0 Å². The van der Waals surface area contributed by atoms with E-state index in [0.717, 1.165) is 12.2 Å². The fourth-order valence-corrected chi connectivity index (χ4v) is 0.963. The van der Waals surface area contributed by atoms with Crippen molar-refractivity contribution in [3.05, 3.63) is 11.9 Å². The first kappa shape index (κ1) is 22.7. The average Bonchev–Trinajstić information content (AvgIpc) is 2.73. The first-order valence-electron chi connectivity index (χ1n) is 7.48. The highest BCUT2D eigenvalue weighted by atomic mass is 15.4. The Kier molecular flexibility index (Phi) is 22.6. The number of aryl methyl sites for hydroxylation is 1. The summed E-state index contributed by atoms with van der Waals surface area (Å²) in [6, 6.07) is 0. The van der Waals surface area contributed by atoms with Crippen molar-refractivity contribution in [2.24, 2.45) is 4.99 Å². The number of hydrogen-bond donors (Lipinski definition) is 0. The summed E-state index contributed by atoms with van der Waals surface area (Å²) in [6.45, 7) is 17.9. The highest BCUT2D eigenvalue weighted by Crippen LogP contribution is 2.10. The van der Waals surface area contributed by atoms with Crippen LogP contribution in [0.5, 0.6) is 0 Å². The van der Waals surface area contributed by atoms with Gasteiger partial charge in [-0.15, -0.1) is 0 Å². The summed E-state index contributed by atoms with van der Waals surface area (Å²) in [4.78, 5) is 8.22. The quantitative estimate of drug-likeness (QED) is 0.643. The highest BCUT2D eigenvalue weighted by Gasteiger charge is 2.02. The summed E-state index contributed by atoms with van der Waals surface area (Å²) in [7, 11) is 0. The van der Waals surface area contributed by atoms with Crippen LogP contribution in [-0.4, -0.2) is 21.0 Å². The summed E-state index contributed by atoms with van der Waals surface area (Å²) >= 11 is 0. The molecular weight excluding hydrogens is 236 g/mol. The molecule has 1 aliphatic heterocycles. The standard InChI is InChI=1S/C7H8N4.4C2H6/c1-6-9-7-8-4-2-3-5-11(7)10-6;4*1-2/h3-5H,2H2,1H3;4*1-2H3. The zero-order valence-electron chi connectivity index (χ0n) is 14.2. The lowest BCUT2D eigenvalue weighted by Crippen LogP contribution is -1.86. The van der Waals surface area contributed by atoms with E-state index in [2.05, 4.69) is 15.1 Å². The molecular formula is C15H32N4. The summed E-state index contributed by atoms with van der Waals surface area (Å²) in [6.07, 6.45) is 6.55. The van der Waals surface area contributed by atoms with Crippen molar-refractivity contribution in [1.29, 1.82) is 0 Å². The second-order valence-corrected chi connectivity index (χ2v) is 2.34. The van der Waals surface area contributed by atoms with E-state index >= 15 is 0 Å². The van der Waals surface area contributed by atoms with Gasteiger partial charge in [-0.2, -0.15) is 10.1 Å². The lowest BCUT2D eigenvalue weighted by molar-refractivity contribution is 0.912. The number of nitrogens with zero attached hydrogens (tertiary/aromatic N) is 4. The van der Waals surface area contributed by atoms with Gasteiger partial charge in [0, 0.05) is 18.8 Å². The van der Waals surface area contributed by atoms with Crippen LogP contribution < -0.4 is 0 Å². The van der Waals surface area contributed by atoms with E-state index in [0.29, 0.717) is 5.95 Å². The van der Waals surface area contributed by atoms with Crippen molar-refractivity contribution in [3.63, 3.8) is 0 Å².